The van der Waals surface area contributed by atoms with E-state index in [2.05, 4.69) is 10.2 Å². The van der Waals surface area contributed by atoms with Gasteiger partial charge in [-0.25, -0.2) is 0 Å². The molecule has 0 bridgehead atoms. The highest BCUT2D eigenvalue weighted by Gasteiger charge is 2.12. The molecule has 3 aromatic carbocycles. The fourth-order valence-corrected chi connectivity index (χ4v) is 2.93. The normalized spacial score (nSPS) is 11.2. The van der Waals surface area contributed by atoms with Gasteiger partial charge in [0.2, 0.25) is 0 Å². The van der Waals surface area contributed by atoms with E-state index < -0.39 is 0 Å². The molecule has 0 amide bonds. The first-order chi connectivity index (χ1) is 12.8. The van der Waals surface area contributed by atoms with Crippen LogP contribution in [-0.2, 0) is 0 Å². The lowest BCUT2D eigenvalue weighted by atomic mass is 9.95. The van der Waals surface area contributed by atoms with Crippen LogP contribution in [0.5, 0.6) is 0 Å². The van der Waals surface area contributed by atoms with Gasteiger partial charge in [0.15, 0.2) is 0 Å². The number of hydrogen-bond donors (Lipinski definition) is 4. The number of benzene rings is 3. The summed E-state index contributed by atoms with van der Waals surface area (Å²) in [6, 6.07) is 13.2. The SMILES string of the molecule is Cc1c(N=Nc2ccc(N)c(C)c2N)cccc1-c1ccc(N)c(C)c1N. The summed E-state index contributed by atoms with van der Waals surface area (Å²) in [7, 11) is 0. The third-order valence-electron chi connectivity index (χ3n) is 4.95. The maximum absolute atomic E-state index is 6.29. The van der Waals surface area contributed by atoms with Gasteiger partial charge >= 0.3 is 0 Å². The molecule has 0 unspecified atom stereocenters. The van der Waals surface area contributed by atoms with Crippen molar-refractivity contribution >= 4 is 34.1 Å². The minimum Gasteiger partial charge on any atom is -0.398 e. The Kier molecular flexibility index (Phi) is 4.73. The number of nitrogens with zero attached hydrogens (tertiary/aromatic N) is 2. The molecule has 0 aromatic heterocycles. The van der Waals surface area contributed by atoms with Crippen LogP contribution in [0.3, 0.4) is 0 Å². The molecule has 3 aromatic rings. The van der Waals surface area contributed by atoms with Gasteiger partial charge in [-0.2, -0.15) is 5.11 Å². The molecule has 27 heavy (non-hydrogen) atoms. The predicted molar refractivity (Wildman–Crippen MR) is 114 cm³/mol. The fraction of sp³-hybridized carbons (Fsp3) is 0.143. The Balaban J connectivity index is 2.04. The zero-order valence-corrected chi connectivity index (χ0v) is 15.7. The molecule has 0 spiro atoms. The van der Waals surface area contributed by atoms with Gasteiger partial charge in [0, 0.05) is 22.6 Å². The standard InChI is InChI=1S/C21H24N6/c1-11-14(15-7-8-16(22)12(2)20(15)24)5-4-6-18(11)26-27-19-10-9-17(23)13(3)21(19)25/h4-10H,22-25H2,1-3H3. The van der Waals surface area contributed by atoms with Crippen molar-refractivity contribution in [2.45, 2.75) is 20.8 Å². The fourth-order valence-electron chi connectivity index (χ4n) is 2.93. The molecule has 0 aliphatic heterocycles. The molecule has 0 fully saturated rings. The molecular weight excluding hydrogens is 336 g/mol. The largest absolute Gasteiger partial charge is 0.398 e. The monoisotopic (exact) mass is 360 g/mol. The van der Waals surface area contributed by atoms with Crippen molar-refractivity contribution in [2.24, 2.45) is 10.2 Å². The second-order valence-electron chi connectivity index (χ2n) is 6.60. The summed E-state index contributed by atoms with van der Waals surface area (Å²) in [5.74, 6) is 0. The maximum Gasteiger partial charge on any atom is 0.109 e. The molecular formula is C21H24N6. The van der Waals surface area contributed by atoms with Crippen LogP contribution >= 0.6 is 0 Å². The Bertz CT molecular complexity index is 1050. The van der Waals surface area contributed by atoms with Crippen LogP contribution in [0.25, 0.3) is 11.1 Å². The van der Waals surface area contributed by atoms with Gasteiger partial charge in [0.25, 0.3) is 0 Å². The molecule has 0 aliphatic carbocycles. The third-order valence-corrected chi connectivity index (χ3v) is 4.95. The molecule has 0 aliphatic rings. The van der Waals surface area contributed by atoms with Crippen LogP contribution in [0.2, 0.25) is 0 Å². The van der Waals surface area contributed by atoms with Crippen LogP contribution in [0, 0.1) is 20.8 Å². The Labute approximate surface area is 158 Å². The molecule has 0 heterocycles. The number of anilines is 4. The van der Waals surface area contributed by atoms with E-state index >= 15 is 0 Å². The summed E-state index contributed by atoms with van der Waals surface area (Å²) in [6.07, 6.45) is 0. The smallest absolute Gasteiger partial charge is 0.109 e. The zero-order valence-electron chi connectivity index (χ0n) is 15.7. The van der Waals surface area contributed by atoms with E-state index in [1.54, 1.807) is 12.1 Å². The molecule has 0 radical (unpaired) electrons. The highest BCUT2D eigenvalue weighted by molar-refractivity contribution is 5.85. The van der Waals surface area contributed by atoms with E-state index in [9.17, 15) is 0 Å². The van der Waals surface area contributed by atoms with E-state index in [0.29, 0.717) is 28.4 Å². The topological polar surface area (TPSA) is 129 Å². The van der Waals surface area contributed by atoms with Gasteiger partial charge in [0.05, 0.1) is 11.4 Å². The first-order valence-electron chi connectivity index (χ1n) is 8.62. The molecule has 138 valence electrons. The minimum atomic E-state index is 0.533. The lowest BCUT2D eigenvalue weighted by Crippen LogP contribution is -1.99. The third kappa shape index (κ3) is 3.29. The first-order valence-corrected chi connectivity index (χ1v) is 8.62. The van der Waals surface area contributed by atoms with Gasteiger partial charge in [-0.05, 0) is 67.3 Å². The first kappa shape index (κ1) is 18.3. The molecule has 3 rings (SSSR count). The number of nitrogens with two attached hydrogens (primary N) is 4. The maximum atomic E-state index is 6.29. The van der Waals surface area contributed by atoms with Gasteiger partial charge in [-0.1, -0.05) is 18.2 Å². The van der Waals surface area contributed by atoms with Crippen LogP contribution in [-0.4, -0.2) is 0 Å². The van der Waals surface area contributed by atoms with E-state index in [4.69, 9.17) is 22.9 Å². The highest BCUT2D eigenvalue weighted by atomic mass is 15.1. The summed E-state index contributed by atoms with van der Waals surface area (Å²) in [6.45, 7) is 5.77. The minimum absolute atomic E-state index is 0.533. The Morgan fingerprint density at radius 1 is 0.556 bits per heavy atom. The Hall–Kier alpha value is -3.54. The molecule has 0 saturated heterocycles. The van der Waals surface area contributed by atoms with Gasteiger partial charge in [-0.15, -0.1) is 5.11 Å². The number of hydrogen-bond acceptors (Lipinski definition) is 6. The van der Waals surface area contributed by atoms with E-state index in [-0.39, 0.29) is 0 Å². The molecule has 8 N–H and O–H groups in total. The van der Waals surface area contributed by atoms with Crippen LogP contribution < -0.4 is 22.9 Å². The summed E-state index contributed by atoms with van der Waals surface area (Å²) < 4.78 is 0. The Morgan fingerprint density at radius 2 is 1.15 bits per heavy atom. The quantitative estimate of drug-likeness (QED) is 0.386. The van der Waals surface area contributed by atoms with Gasteiger partial charge in [-0.3, -0.25) is 0 Å². The Morgan fingerprint density at radius 3 is 1.85 bits per heavy atom. The second kappa shape index (κ2) is 6.99. The van der Waals surface area contributed by atoms with Crippen LogP contribution in [0.15, 0.2) is 52.7 Å². The van der Waals surface area contributed by atoms with Crippen molar-refractivity contribution < 1.29 is 0 Å². The van der Waals surface area contributed by atoms with Crippen molar-refractivity contribution in [2.75, 3.05) is 22.9 Å². The lowest BCUT2D eigenvalue weighted by molar-refractivity contribution is 1.21. The van der Waals surface area contributed by atoms with Gasteiger partial charge < -0.3 is 22.9 Å². The average Bonchev–Trinajstić information content (AvgIpc) is 2.65. The predicted octanol–water partition coefficient (Wildman–Crippen LogP) is 5.02. The summed E-state index contributed by atoms with van der Waals surface area (Å²) in [5.41, 5.74) is 32.6. The number of nitrogen functional groups attached to an aromatic ring is 4. The van der Waals surface area contributed by atoms with E-state index in [0.717, 1.165) is 33.5 Å². The number of rotatable bonds is 3. The van der Waals surface area contributed by atoms with Crippen LogP contribution in [0.1, 0.15) is 16.7 Å². The highest BCUT2D eigenvalue weighted by Crippen LogP contribution is 2.37. The second-order valence-corrected chi connectivity index (χ2v) is 6.60. The van der Waals surface area contributed by atoms with E-state index in [1.165, 1.54) is 0 Å². The summed E-state index contributed by atoms with van der Waals surface area (Å²) in [5, 5.41) is 8.72. The molecule has 0 saturated carbocycles. The molecule has 0 atom stereocenters. The average molecular weight is 360 g/mol. The van der Waals surface area contributed by atoms with E-state index in [1.807, 2.05) is 51.1 Å². The van der Waals surface area contributed by atoms with Crippen molar-refractivity contribution in [3.05, 3.63) is 59.2 Å². The van der Waals surface area contributed by atoms with Crippen molar-refractivity contribution in [3.63, 3.8) is 0 Å². The zero-order chi connectivity index (χ0) is 19.7. The number of azo groups is 1. The summed E-state index contributed by atoms with van der Waals surface area (Å²) in [4.78, 5) is 0. The van der Waals surface area contributed by atoms with Crippen LogP contribution in [0.4, 0.5) is 34.1 Å². The van der Waals surface area contributed by atoms with Gasteiger partial charge in [0.1, 0.15) is 5.69 Å². The van der Waals surface area contributed by atoms with Crippen molar-refractivity contribution in [1.82, 2.24) is 0 Å². The van der Waals surface area contributed by atoms with Crippen molar-refractivity contribution in [3.8, 4) is 11.1 Å². The molecule has 6 heteroatoms. The lowest BCUT2D eigenvalue weighted by Gasteiger charge is -2.14. The van der Waals surface area contributed by atoms with Crippen molar-refractivity contribution in [1.29, 1.82) is 0 Å². The summed E-state index contributed by atoms with van der Waals surface area (Å²) >= 11 is 0. The molecule has 6 nitrogen and oxygen atoms in total.